The highest BCUT2D eigenvalue weighted by Crippen LogP contribution is 2.25. The van der Waals surface area contributed by atoms with E-state index in [0.717, 1.165) is 51.1 Å². The molecule has 3 rings (SSSR count). The van der Waals surface area contributed by atoms with Gasteiger partial charge in [0.15, 0.2) is 0 Å². The Morgan fingerprint density at radius 1 is 1.29 bits per heavy atom. The van der Waals surface area contributed by atoms with Crippen molar-refractivity contribution in [1.82, 2.24) is 19.8 Å². The number of anilines is 1. The minimum absolute atomic E-state index is 0.119. The first-order valence-corrected chi connectivity index (χ1v) is 8.71. The highest BCUT2D eigenvalue weighted by Gasteiger charge is 2.35. The summed E-state index contributed by atoms with van der Waals surface area (Å²) in [7, 11) is 3.55. The zero-order valence-electron chi connectivity index (χ0n) is 14.6. The predicted octanol–water partition coefficient (Wildman–Crippen LogP) is 0.978. The Labute approximate surface area is 143 Å². The van der Waals surface area contributed by atoms with Gasteiger partial charge in [0.1, 0.15) is 0 Å². The lowest BCUT2D eigenvalue weighted by molar-refractivity contribution is -0.131. The summed E-state index contributed by atoms with van der Waals surface area (Å²) in [5, 5.41) is 2.92. The molecular weight excluding hydrogens is 306 g/mol. The Morgan fingerprint density at radius 3 is 2.62 bits per heavy atom. The minimum Gasteiger partial charge on any atom is -0.380 e. The van der Waals surface area contributed by atoms with E-state index in [0.29, 0.717) is 12.4 Å². The SMILES string of the molecule is CNc1ncc(CN2C[C@H](CC(=O)N3CCCC3)[C@@H](OC)C2)cn1. The quantitative estimate of drug-likeness (QED) is 0.837. The van der Waals surface area contributed by atoms with Gasteiger partial charge in [-0.05, 0) is 12.8 Å². The van der Waals surface area contributed by atoms with Crippen molar-refractivity contribution in [1.29, 1.82) is 0 Å². The number of methoxy groups -OCH3 is 1. The fourth-order valence-electron chi connectivity index (χ4n) is 3.66. The number of hydrogen-bond acceptors (Lipinski definition) is 6. The molecule has 2 fully saturated rings. The Balaban J connectivity index is 1.55. The number of amides is 1. The lowest BCUT2D eigenvalue weighted by Crippen LogP contribution is -2.32. The third-order valence-electron chi connectivity index (χ3n) is 4.99. The van der Waals surface area contributed by atoms with Gasteiger partial charge in [-0.25, -0.2) is 9.97 Å². The second kappa shape index (κ2) is 7.90. The van der Waals surface area contributed by atoms with Crippen molar-refractivity contribution in [2.75, 3.05) is 45.7 Å². The van der Waals surface area contributed by atoms with Crippen LogP contribution in [0.1, 0.15) is 24.8 Å². The maximum Gasteiger partial charge on any atom is 0.222 e. The second-order valence-electron chi connectivity index (χ2n) is 6.69. The van der Waals surface area contributed by atoms with Crippen molar-refractivity contribution in [3.05, 3.63) is 18.0 Å². The molecule has 2 aliphatic rings. The summed E-state index contributed by atoms with van der Waals surface area (Å²) < 4.78 is 5.64. The summed E-state index contributed by atoms with van der Waals surface area (Å²) in [4.78, 5) is 25.3. The third-order valence-corrected chi connectivity index (χ3v) is 4.99. The molecule has 132 valence electrons. The average molecular weight is 333 g/mol. The number of nitrogens with zero attached hydrogens (tertiary/aromatic N) is 4. The van der Waals surface area contributed by atoms with Crippen LogP contribution in [0.3, 0.4) is 0 Å². The number of hydrogen-bond donors (Lipinski definition) is 1. The Hall–Kier alpha value is -1.73. The summed E-state index contributed by atoms with van der Waals surface area (Å²) in [5.41, 5.74) is 1.08. The van der Waals surface area contributed by atoms with Gasteiger partial charge in [0.2, 0.25) is 11.9 Å². The van der Waals surface area contributed by atoms with Gasteiger partial charge in [0.25, 0.3) is 0 Å². The molecule has 7 nitrogen and oxygen atoms in total. The van der Waals surface area contributed by atoms with Crippen LogP contribution in [-0.4, -0.2) is 72.1 Å². The Bertz CT molecular complexity index is 544. The molecule has 0 aromatic carbocycles. The molecule has 24 heavy (non-hydrogen) atoms. The van der Waals surface area contributed by atoms with E-state index in [-0.39, 0.29) is 17.9 Å². The van der Waals surface area contributed by atoms with Crippen LogP contribution in [0, 0.1) is 5.92 Å². The van der Waals surface area contributed by atoms with Gasteiger partial charge in [-0.1, -0.05) is 0 Å². The van der Waals surface area contributed by atoms with Gasteiger partial charge in [-0.15, -0.1) is 0 Å². The normalized spacial score (nSPS) is 24.5. The number of likely N-dealkylation sites (tertiary alicyclic amines) is 2. The molecule has 1 aromatic heterocycles. The molecule has 2 aliphatic heterocycles. The van der Waals surface area contributed by atoms with Crippen LogP contribution in [0.5, 0.6) is 0 Å². The summed E-state index contributed by atoms with van der Waals surface area (Å²) in [6.07, 6.45) is 6.68. The van der Waals surface area contributed by atoms with Crippen molar-refractivity contribution in [2.24, 2.45) is 5.92 Å². The van der Waals surface area contributed by atoms with E-state index in [1.54, 1.807) is 14.2 Å². The van der Waals surface area contributed by atoms with Crippen molar-refractivity contribution < 1.29 is 9.53 Å². The van der Waals surface area contributed by atoms with Crippen molar-refractivity contribution >= 4 is 11.9 Å². The lowest BCUT2D eigenvalue weighted by atomic mass is 10.0. The zero-order chi connectivity index (χ0) is 16.9. The maximum atomic E-state index is 12.4. The summed E-state index contributed by atoms with van der Waals surface area (Å²) >= 11 is 0. The first-order chi connectivity index (χ1) is 11.7. The third kappa shape index (κ3) is 4.02. The van der Waals surface area contributed by atoms with E-state index in [1.807, 2.05) is 17.3 Å². The average Bonchev–Trinajstić information content (AvgIpc) is 3.25. The molecule has 0 aliphatic carbocycles. The van der Waals surface area contributed by atoms with Gasteiger partial charge in [-0.2, -0.15) is 0 Å². The molecule has 2 saturated heterocycles. The van der Waals surface area contributed by atoms with Gasteiger partial charge < -0.3 is 15.0 Å². The number of carbonyl (C=O) groups excluding carboxylic acids is 1. The Morgan fingerprint density at radius 2 is 2.00 bits per heavy atom. The van der Waals surface area contributed by atoms with Crippen LogP contribution >= 0.6 is 0 Å². The fourth-order valence-corrected chi connectivity index (χ4v) is 3.66. The highest BCUT2D eigenvalue weighted by atomic mass is 16.5. The standard InChI is InChI=1S/C17H27N5O2/c1-18-17-19-8-13(9-20-17)10-21-11-14(15(12-21)24-2)7-16(23)22-5-3-4-6-22/h8-9,14-15H,3-7,10-12H2,1-2H3,(H,18,19,20)/t14-,15-/m0/s1. The Kier molecular flexibility index (Phi) is 5.63. The summed E-state index contributed by atoms with van der Waals surface area (Å²) in [6.45, 7) is 4.36. The van der Waals surface area contributed by atoms with E-state index in [4.69, 9.17) is 4.74 Å². The summed E-state index contributed by atoms with van der Waals surface area (Å²) in [5.74, 6) is 1.17. The monoisotopic (exact) mass is 333 g/mol. The largest absolute Gasteiger partial charge is 0.380 e. The van der Waals surface area contributed by atoms with Gasteiger partial charge >= 0.3 is 0 Å². The molecule has 0 spiro atoms. The number of nitrogens with one attached hydrogen (secondary N) is 1. The number of aromatic nitrogens is 2. The molecule has 2 atom stereocenters. The van der Waals surface area contributed by atoms with Crippen molar-refractivity contribution in [3.63, 3.8) is 0 Å². The van der Waals surface area contributed by atoms with E-state index in [2.05, 4.69) is 20.2 Å². The molecule has 0 bridgehead atoms. The van der Waals surface area contributed by atoms with Crippen molar-refractivity contribution in [2.45, 2.75) is 31.9 Å². The fraction of sp³-hybridized carbons (Fsp3) is 0.706. The molecule has 0 radical (unpaired) electrons. The van der Waals surface area contributed by atoms with Crippen LogP contribution in [0.2, 0.25) is 0 Å². The highest BCUT2D eigenvalue weighted by molar-refractivity contribution is 5.76. The molecule has 1 amide bonds. The molecule has 0 saturated carbocycles. The van der Waals surface area contributed by atoms with Crippen molar-refractivity contribution in [3.8, 4) is 0 Å². The number of rotatable bonds is 6. The van der Waals surface area contributed by atoms with Crippen LogP contribution < -0.4 is 5.32 Å². The zero-order valence-corrected chi connectivity index (χ0v) is 14.6. The smallest absolute Gasteiger partial charge is 0.222 e. The first-order valence-electron chi connectivity index (χ1n) is 8.71. The molecule has 1 N–H and O–H groups in total. The first kappa shape index (κ1) is 17.1. The lowest BCUT2D eigenvalue weighted by Gasteiger charge is -2.20. The van der Waals surface area contributed by atoms with Crippen LogP contribution in [0.4, 0.5) is 5.95 Å². The van der Waals surface area contributed by atoms with Gasteiger partial charge in [0, 0.05) is 77.2 Å². The number of carbonyl (C=O) groups is 1. The molecule has 0 unspecified atom stereocenters. The molecule has 1 aromatic rings. The minimum atomic E-state index is 0.119. The van der Waals surface area contributed by atoms with Gasteiger partial charge in [-0.3, -0.25) is 9.69 Å². The van der Waals surface area contributed by atoms with Gasteiger partial charge in [0.05, 0.1) is 6.10 Å². The molecule has 7 heteroatoms. The van der Waals surface area contributed by atoms with E-state index in [1.165, 1.54) is 0 Å². The second-order valence-corrected chi connectivity index (χ2v) is 6.69. The molecule has 3 heterocycles. The van der Waals surface area contributed by atoms with E-state index < -0.39 is 0 Å². The van der Waals surface area contributed by atoms with Crippen LogP contribution in [0.15, 0.2) is 12.4 Å². The van der Waals surface area contributed by atoms with E-state index in [9.17, 15) is 4.79 Å². The summed E-state index contributed by atoms with van der Waals surface area (Å²) in [6, 6.07) is 0. The van der Waals surface area contributed by atoms with E-state index >= 15 is 0 Å². The van der Waals surface area contributed by atoms with Crippen LogP contribution in [0.25, 0.3) is 0 Å². The molecular formula is C17H27N5O2. The predicted molar refractivity (Wildman–Crippen MR) is 91.6 cm³/mol. The number of ether oxygens (including phenoxy) is 1. The maximum absolute atomic E-state index is 12.4. The van der Waals surface area contributed by atoms with Crippen LogP contribution in [-0.2, 0) is 16.1 Å². The topological polar surface area (TPSA) is 70.6 Å².